The van der Waals surface area contributed by atoms with Crippen molar-refractivity contribution in [2.75, 3.05) is 13.1 Å². The van der Waals surface area contributed by atoms with Gasteiger partial charge in [-0.25, -0.2) is 0 Å². The minimum absolute atomic E-state index is 0. The Bertz CT molecular complexity index is 350. The molecule has 1 saturated heterocycles. The highest BCUT2D eigenvalue weighted by molar-refractivity contribution is 7.80. The molecule has 0 unspecified atom stereocenters. The average molecular weight is 271 g/mol. The van der Waals surface area contributed by atoms with Gasteiger partial charge in [-0.1, -0.05) is 42.5 Å². The molecule has 2 nitrogen and oxygen atoms in total. The highest BCUT2D eigenvalue weighted by Gasteiger charge is 2.19. The Hall–Kier alpha value is -0.640. The Morgan fingerprint density at radius 2 is 1.82 bits per heavy atom. The predicted octanol–water partition coefficient (Wildman–Crippen LogP) is 2.40. The number of likely N-dealkylation sites (tertiary alicyclic amines) is 1. The summed E-state index contributed by atoms with van der Waals surface area (Å²) >= 11 is 5.44. The minimum atomic E-state index is -0.0181. The highest BCUT2D eigenvalue weighted by atomic mass is 35.5. The van der Waals surface area contributed by atoms with E-state index in [9.17, 15) is 0 Å². The number of nitrogens with zero attached hydrogens (tertiary/aromatic N) is 1. The van der Waals surface area contributed by atoms with E-state index < -0.39 is 0 Å². The third-order valence-corrected chi connectivity index (χ3v) is 3.59. The molecular weight excluding hydrogens is 252 g/mol. The molecule has 0 aromatic heterocycles. The van der Waals surface area contributed by atoms with E-state index in [0.29, 0.717) is 0 Å². The molecule has 1 aliphatic rings. The summed E-state index contributed by atoms with van der Waals surface area (Å²) < 4.78 is 0. The molecule has 17 heavy (non-hydrogen) atoms. The zero-order chi connectivity index (χ0) is 11.4. The van der Waals surface area contributed by atoms with Crippen LogP contribution >= 0.6 is 24.6 Å². The molecule has 1 fully saturated rings. The summed E-state index contributed by atoms with van der Waals surface area (Å²) in [5.74, 6) is 0. The number of benzene rings is 1. The number of hydrogen-bond donors (Lipinski definition) is 1. The van der Waals surface area contributed by atoms with Gasteiger partial charge in [-0.2, -0.15) is 0 Å². The van der Waals surface area contributed by atoms with E-state index in [1.807, 2.05) is 18.2 Å². The maximum absolute atomic E-state index is 6.15. The second-order valence-electron chi connectivity index (χ2n) is 4.33. The lowest BCUT2D eigenvalue weighted by molar-refractivity contribution is 0.506. The normalized spacial score (nSPS) is 16.4. The molecule has 1 aromatic carbocycles. The maximum Gasteiger partial charge on any atom is 0.0952 e. The molecule has 1 aromatic rings. The summed E-state index contributed by atoms with van der Waals surface area (Å²) in [4.78, 5) is 3.18. The van der Waals surface area contributed by atoms with Crippen molar-refractivity contribution in [1.82, 2.24) is 4.90 Å². The monoisotopic (exact) mass is 270 g/mol. The lowest BCUT2D eigenvalue weighted by Gasteiger charge is -2.23. The number of halogens is 1. The van der Waals surface area contributed by atoms with E-state index in [2.05, 4.69) is 17.0 Å². The Morgan fingerprint density at radius 3 is 2.41 bits per heavy atom. The molecule has 4 heteroatoms. The van der Waals surface area contributed by atoms with Crippen LogP contribution in [-0.4, -0.2) is 29.0 Å². The highest BCUT2D eigenvalue weighted by Crippen LogP contribution is 2.12. The molecule has 0 spiro atoms. The zero-order valence-electron chi connectivity index (χ0n) is 9.84. The topological polar surface area (TPSA) is 29.3 Å². The van der Waals surface area contributed by atoms with Gasteiger partial charge in [-0.15, -0.1) is 12.4 Å². The summed E-state index contributed by atoms with van der Waals surface area (Å²) in [5, 5.41) is 0. The van der Waals surface area contributed by atoms with E-state index >= 15 is 0 Å². The van der Waals surface area contributed by atoms with Crippen LogP contribution in [0.15, 0.2) is 30.3 Å². The predicted molar refractivity (Wildman–Crippen MR) is 78.8 cm³/mol. The number of nitrogens with two attached hydrogens (primary N) is 1. The van der Waals surface area contributed by atoms with Crippen LogP contribution < -0.4 is 5.73 Å². The second-order valence-corrected chi connectivity index (χ2v) is 4.75. The van der Waals surface area contributed by atoms with Crippen molar-refractivity contribution in [1.29, 1.82) is 0 Å². The molecule has 1 aliphatic heterocycles. The first kappa shape index (κ1) is 14.4. The van der Waals surface area contributed by atoms with Gasteiger partial charge >= 0.3 is 0 Å². The maximum atomic E-state index is 6.15. The lowest BCUT2D eigenvalue weighted by Crippen LogP contribution is -2.42. The minimum Gasteiger partial charge on any atom is -0.365 e. The van der Waals surface area contributed by atoms with Crippen molar-refractivity contribution in [3.63, 3.8) is 0 Å². The molecular formula is C13H19ClN2S. The molecule has 1 atom stereocenters. The SMILES string of the molecule is Cl.N[C@@H](Cc1ccccc1)C(=S)N1CCCC1. The summed E-state index contributed by atoms with van der Waals surface area (Å²) in [7, 11) is 0. The fourth-order valence-electron chi connectivity index (χ4n) is 2.13. The van der Waals surface area contributed by atoms with Crippen LogP contribution in [0.2, 0.25) is 0 Å². The van der Waals surface area contributed by atoms with E-state index in [-0.39, 0.29) is 18.4 Å². The van der Waals surface area contributed by atoms with E-state index in [4.69, 9.17) is 18.0 Å². The van der Waals surface area contributed by atoms with E-state index in [1.165, 1.54) is 18.4 Å². The summed E-state index contributed by atoms with van der Waals surface area (Å²) in [6.45, 7) is 2.17. The Kier molecular flexibility index (Phi) is 5.89. The standard InChI is InChI=1S/C13H18N2S.ClH/c14-12(10-11-6-2-1-3-7-11)13(16)15-8-4-5-9-15;/h1-3,6-7,12H,4-5,8-10,14H2;1H/t12-;/m0./s1. The molecule has 0 radical (unpaired) electrons. The Morgan fingerprint density at radius 1 is 1.24 bits per heavy atom. The Balaban J connectivity index is 0.00000144. The molecule has 2 N–H and O–H groups in total. The third-order valence-electron chi connectivity index (χ3n) is 3.03. The van der Waals surface area contributed by atoms with Crippen LogP contribution in [0, 0.1) is 0 Å². The molecule has 0 amide bonds. The molecule has 1 heterocycles. The van der Waals surface area contributed by atoms with Crippen molar-refractivity contribution >= 4 is 29.6 Å². The van der Waals surface area contributed by atoms with Crippen molar-refractivity contribution in [2.24, 2.45) is 5.73 Å². The van der Waals surface area contributed by atoms with Crippen LogP contribution in [0.25, 0.3) is 0 Å². The molecule has 0 saturated carbocycles. The fourth-order valence-corrected chi connectivity index (χ4v) is 2.39. The quantitative estimate of drug-likeness (QED) is 0.856. The number of thiocarbonyl (C=S) groups is 1. The summed E-state index contributed by atoms with van der Waals surface area (Å²) in [5.41, 5.74) is 7.41. The van der Waals surface area contributed by atoms with Gasteiger partial charge in [0.25, 0.3) is 0 Å². The van der Waals surface area contributed by atoms with Gasteiger partial charge in [-0.3, -0.25) is 0 Å². The van der Waals surface area contributed by atoms with Crippen molar-refractivity contribution in [2.45, 2.75) is 25.3 Å². The summed E-state index contributed by atoms with van der Waals surface area (Å²) in [6, 6.07) is 10.3. The van der Waals surface area contributed by atoms with Gasteiger partial charge in [0.2, 0.25) is 0 Å². The van der Waals surface area contributed by atoms with Crippen LogP contribution in [0.1, 0.15) is 18.4 Å². The van der Waals surface area contributed by atoms with Crippen LogP contribution in [-0.2, 0) is 6.42 Å². The molecule has 0 bridgehead atoms. The van der Waals surface area contributed by atoms with E-state index in [0.717, 1.165) is 24.5 Å². The smallest absolute Gasteiger partial charge is 0.0952 e. The van der Waals surface area contributed by atoms with Gasteiger partial charge in [0.15, 0.2) is 0 Å². The number of rotatable bonds is 3. The largest absolute Gasteiger partial charge is 0.365 e. The lowest BCUT2D eigenvalue weighted by atomic mass is 10.1. The fraction of sp³-hybridized carbons (Fsp3) is 0.462. The van der Waals surface area contributed by atoms with Crippen molar-refractivity contribution < 1.29 is 0 Å². The van der Waals surface area contributed by atoms with Crippen molar-refractivity contribution in [3.05, 3.63) is 35.9 Å². The zero-order valence-corrected chi connectivity index (χ0v) is 11.5. The van der Waals surface area contributed by atoms with Gasteiger partial charge in [-0.05, 0) is 24.8 Å². The van der Waals surface area contributed by atoms with Gasteiger partial charge in [0.05, 0.1) is 11.0 Å². The first-order chi connectivity index (χ1) is 7.77. The van der Waals surface area contributed by atoms with Crippen LogP contribution in [0.4, 0.5) is 0 Å². The van der Waals surface area contributed by atoms with E-state index in [1.54, 1.807) is 0 Å². The third kappa shape index (κ3) is 3.95. The Labute approximate surface area is 115 Å². The molecule has 2 rings (SSSR count). The van der Waals surface area contributed by atoms with Crippen molar-refractivity contribution in [3.8, 4) is 0 Å². The van der Waals surface area contributed by atoms with Gasteiger partial charge < -0.3 is 10.6 Å². The molecule has 94 valence electrons. The average Bonchev–Trinajstić information content (AvgIpc) is 2.83. The first-order valence-corrected chi connectivity index (χ1v) is 6.26. The van der Waals surface area contributed by atoms with Gasteiger partial charge in [0, 0.05) is 13.1 Å². The van der Waals surface area contributed by atoms with Crippen LogP contribution in [0.3, 0.4) is 0 Å². The first-order valence-electron chi connectivity index (χ1n) is 5.85. The summed E-state index contributed by atoms with van der Waals surface area (Å²) in [6.07, 6.45) is 3.34. The number of hydrogen-bond acceptors (Lipinski definition) is 2. The second kappa shape index (κ2) is 6.94. The van der Waals surface area contributed by atoms with Gasteiger partial charge in [0.1, 0.15) is 0 Å². The van der Waals surface area contributed by atoms with Crippen LogP contribution in [0.5, 0.6) is 0 Å². The molecule has 0 aliphatic carbocycles.